The van der Waals surface area contributed by atoms with Gasteiger partial charge in [0.15, 0.2) is 0 Å². The molecule has 0 bridgehead atoms. The third-order valence-corrected chi connectivity index (χ3v) is 5.97. The van der Waals surface area contributed by atoms with Crippen molar-refractivity contribution in [3.63, 3.8) is 0 Å². The molecule has 4 heteroatoms. The van der Waals surface area contributed by atoms with Crippen LogP contribution in [-0.4, -0.2) is 11.8 Å². The number of para-hydroxylation sites is 2. The van der Waals surface area contributed by atoms with E-state index in [4.69, 9.17) is 0 Å². The molecule has 0 saturated heterocycles. The maximum Gasteiger partial charge on any atom is 0.224 e. The molecule has 4 rings (SSSR count). The quantitative estimate of drug-likeness (QED) is 0.272. The molecule has 0 aromatic heterocycles. The van der Waals surface area contributed by atoms with Crippen LogP contribution >= 0.6 is 0 Å². The number of benzene rings is 4. The summed E-state index contributed by atoms with van der Waals surface area (Å²) in [5.74, 6) is -0.0141. The fourth-order valence-electron chi connectivity index (χ4n) is 4.13. The van der Waals surface area contributed by atoms with E-state index in [1.165, 1.54) is 0 Å². The minimum Gasteiger partial charge on any atom is -0.326 e. The molecule has 1 unspecified atom stereocenters. The minimum absolute atomic E-state index is 0.0456. The predicted octanol–water partition coefficient (Wildman–Crippen LogP) is 7.40. The molecule has 0 radical (unpaired) electrons. The van der Waals surface area contributed by atoms with Gasteiger partial charge < -0.3 is 10.6 Å². The second kappa shape index (κ2) is 11.8. The van der Waals surface area contributed by atoms with Gasteiger partial charge in [-0.25, -0.2) is 0 Å². The molecule has 4 aromatic rings. The molecule has 4 nitrogen and oxygen atoms in total. The summed E-state index contributed by atoms with van der Waals surface area (Å²) in [5.41, 5.74) is 5.70. The number of amides is 2. The first-order valence-corrected chi connectivity index (χ1v) is 12.0. The van der Waals surface area contributed by atoms with Crippen molar-refractivity contribution in [1.82, 2.24) is 0 Å². The largest absolute Gasteiger partial charge is 0.326 e. The van der Waals surface area contributed by atoms with Gasteiger partial charge >= 0.3 is 0 Å². The Bertz CT molecular complexity index is 1270. The van der Waals surface area contributed by atoms with E-state index in [0.29, 0.717) is 19.3 Å². The van der Waals surface area contributed by atoms with Crippen molar-refractivity contribution in [1.29, 1.82) is 0 Å². The maximum atomic E-state index is 12.7. The molecule has 176 valence electrons. The predicted molar refractivity (Wildman–Crippen MR) is 144 cm³/mol. The van der Waals surface area contributed by atoms with Crippen LogP contribution in [0.1, 0.15) is 26.2 Å². The molecule has 4 aromatic carbocycles. The Morgan fingerprint density at radius 3 is 1.54 bits per heavy atom. The third-order valence-electron chi connectivity index (χ3n) is 5.97. The van der Waals surface area contributed by atoms with Crippen LogP contribution in [0.2, 0.25) is 0 Å². The van der Waals surface area contributed by atoms with E-state index in [2.05, 4.69) is 10.6 Å². The monoisotopic (exact) mass is 462 g/mol. The number of hydrogen-bond acceptors (Lipinski definition) is 2. The Balaban J connectivity index is 1.30. The van der Waals surface area contributed by atoms with Gasteiger partial charge in [-0.1, -0.05) is 104 Å². The summed E-state index contributed by atoms with van der Waals surface area (Å²) in [6, 6.07) is 35.6. The average molecular weight is 463 g/mol. The first-order chi connectivity index (χ1) is 17.1. The topological polar surface area (TPSA) is 58.2 Å². The van der Waals surface area contributed by atoms with Crippen LogP contribution in [0.4, 0.5) is 11.4 Å². The SMILES string of the molecule is CC(CCC(=O)Nc1ccccc1-c1ccccc1)CC(=O)Nc1ccccc1-c1ccccc1. The molecular weight excluding hydrogens is 432 g/mol. The lowest BCUT2D eigenvalue weighted by Crippen LogP contribution is -2.18. The van der Waals surface area contributed by atoms with Gasteiger partial charge in [-0.3, -0.25) is 9.59 Å². The summed E-state index contributed by atoms with van der Waals surface area (Å²) in [4.78, 5) is 25.4. The van der Waals surface area contributed by atoms with E-state index < -0.39 is 0 Å². The highest BCUT2D eigenvalue weighted by molar-refractivity contribution is 5.96. The Kier molecular flexibility index (Phi) is 8.08. The normalized spacial score (nSPS) is 11.5. The molecule has 0 saturated carbocycles. The van der Waals surface area contributed by atoms with Gasteiger partial charge in [-0.2, -0.15) is 0 Å². The molecule has 35 heavy (non-hydrogen) atoms. The van der Waals surface area contributed by atoms with Gasteiger partial charge in [0.05, 0.1) is 0 Å². The van der Waals surface area contributed by atoms with Crippen molar-refractivity contribution >= 4 is 23.2 Å². The van der Waals surface area contributed by atoms with Crippen molar-refractivity contribution in [2.45, 2.75) is 26.2 Å². The highest BCUT2D eigenvalue weighted by Gasteiger charge is 2.14. The van der Waals surface area contributed by atoms with Crippen LogP contribution in [-0.2, 0) is 9.59 Å². The molecule has 1 atom stereocenters. The zero-order valence-electron chi connectivity index (χ0n) is 19.9. The summed E-state index contributed by atoms with van der Waals surface area (Å²) >= 11 is 0. The highest BCUT2D eigenvalue weighted by Crippen LogP contribution is 2.29. The first kappa shape index (κ1) is 24.0. The molecule has 2 amide bonds. The molecule has 2 N–H and O–H groups in total. The molecule has 0 aliphatic rings. The summed E-state index contributed by atoms with van der Waals surface area (Å²) in [7, 11) is 0. The van der Waals surface area contributed by atoms with E-state index >= 15 is 0 Å². The summed E-state index contributed by atoms with van der Waals surface area (Å²) in [6.45, 7) is 2.01. The Hall–Kier alpha value is -4.18. The Labute approximate surface area is 207 Å². The van der Waals surface area contributed by atoms with Crippen molar-refractivity contribution < 1.29 is 9.59 Å². The average Bonchev–Trinajstić information content (AvgIpc) is 2.89. The third kappa shape index (κ3) is 6.67. The lowest BCUT2D eigenvalue weighted by Gasteiger charge is -2.15. The van der Waals surface area contributed by atoms with E-state index in [0.717, 1.165) is 33.6 Å². The van der Waals surface area contributed by atoms with Crippen molar-refractivity contribution in [3.8, 4) is 22.3 Å². The van der Waals surface area contributed by atoms with Gasteiger partial charge in [0.2, 0.25) is 11.8 Å². The lowest BCUT2D eigenvalue weighted by molar-refractivity contribution is -0.118. The number of hydrogen-bond donors (Lipinski definition) is 2. The smallest absolute Gasteiger partial charge is 0.224 e. The van der Waals surface area contributed by atoms with E-state index in [-0.39, 0.29) is 17.7 Å². The number of rotatable bonds is 9. The summed E-state index contributed by atoms with van der Waals surface area (Å²) < 4.78 is 0. The van der Waals surface area contributed by atoms with Crippen LogP contribution < -0.4 is 10.6 Å². The van der Waals surface area contributed by atoms with Crippen LogP contribution in [0.15, 0.2) is 109 Å². The summed E-state index contributed by atoms with van der Waals surface area (Å²) in [6.07, 6.45) is 1.35. The van der Waals surface area contributed by atoms with E-state index in [9.17, 15) is 9.59 Å². The molecular formula is C31H30N2O2. The molecule has 0 aliphatic carbocycles. The molecule has 0 fully saturated rings. The van der Waals surface area contributed by atoms with E-state index in [1.807, 2.05) is 116 Å². The molecule has 0 heterocycles. The van der Waals surface area contributed by atoms with Gasteiger partial charge in [0.25, 0.3) is 0 Å². The molecule has 0 spiro atoms. The first-order valence-electron chi connectivity index (χ1n) is 12.0. The zero-order valence-corrected chi connectivity index (χ0v) is 19.9. The standard InChI is InChI=1S/C31H30N2O2/c1-23(22-31(35)33-29-19-11-9-17-27(29)25-14-6-3-7-15-25)20-21-30(34)32-28-18-10-8-16-26(28)24-12-4-2-5-13-24/h2-19,23H,20-22H2,1H3,(H,32,34)(H,33,35). The van der Waals surface area contributed by atoms with E-state index in [1.54, 1.807) is 0 Å². The van der Waals surface area contributed by atoms with Crippen LogP contribution in [0.25, 0.3) is 22.3 Å². The lowest BCUT2D eigenvalue weighted by atomic mass is 9.99. The minimum atomic E-state index is -0.0462. The number of anilines is 2. The highest BCUT2D eigenvalue weighted by atomic mass is 16.2. The Morgan fingerprint density at radius 2 is 1.03 bits per heavy atom. The van der Waals surface area contributed by atoms with Gasteiger partial charge in [0.1, 0.15) is 0 Å². The second-order valence-electron chi connectivity index (χ2n) is 8.77. The second-order valence-corrected chi connectivity index (χ2v) is 8.77. The van der Waals surface area contributed by atoms with Gasteiger partial charge in [0, 0.05) is 35.3 Å². The van der Waals surface area contributed by atoms with Gasteiger partial charge in [-0.05, 0) is 35.6 Å². The number of carbonyl (C=O) groups excluding carboxylic acids is 2. The number of nitrogens with one attached hydrogen (secondary N) is 2. The molecule has 0 aliphatic heterocycles. The maximum absolute atomic E-state index is 12.7. The fraction of sp³-hybridized carbons (Fsp3) is 0.161. The Morgan fingerprint density at radius 1 is 0.600 bits per heavy atom. The number of carbonyl (C=O) groups is 2. The van der Waals surface area contributed by atoms with Crippen LogP contribution in [0.3, 0.4) is 0 Å². The summed E-state index contributed by atoms with van der Waals surface area (Å²) in [5, 5.41) is 6.10. The van der Waals surface area contributed by atoms with Gasteiger partial charge in [-0.15, -0.1) is 0 Å². The van der Waals surface area contributed by atoms with Crippen molar-refractivity contribution in [2.24, 2.45) is 5.92 Å². The van der Waals surface area contributed by atoms with Crippen LogP contribution in [0.5, 0.6) is 0 Å². The van der Waals surface area contributed by atoms with Crippen molar-refractivity contribution in [3.05, 3.63) is 109 Å². The fourth-order valence-corrected chi connectivity index (χ4v) is 4.13. The van der Waals surface area contributed by atoms with Crippen molar-refractivity contribution in [2.75, 3.05) is 10.6 Å². The zero-order chi connectivity index (χ0) is 24.5. The van der Waals surface area contributed by atoms with Crippen LogP contribution in [0, 0.1) is 5.92 Å².